The van der Waals surface area contributed by atoms with Gasteiger partial charge < -0.3 is 0 Å². The highest BCUT2D eigenvalue weighted by molar-refractivity contribution is 8.13. The smallest absolute Gasteiger partial charge is 0.209 e. The van der Waals surface area contributed by atoms with E-state index in [4.69, 9.17) is 23.2 Å². The summed E-state index contributed by atoms with van der Waals surface area (Å²) < 4.78 is 0. The van der Waals surface area contributed by atoms with Gasteiger partial charge in [-0.2, -0.15) is 10.4 Å². The number of pyridine rings is 1. The van der Waals surface area contributed by atoms with E-state index >= 15 is 0 Å². The molecule has 0 fully saturated rings. The maximum atomic E-state index is 11.5. The Hall–Kier alpha value is -1.94. The van der Waals surface area contributed by atoms with Gasteiger partial charge in [0.2, 0.25) is 5.12 Å². The number of rotatable bonds is 4. The molecular weight excluding hydrogens is 367 g/mol. The molecule has 0 aliphatic carbocycles. The van der Waals surface area contributed by atoms with Crippen LogP contribution in [0.15, 0.2) is 39.5 Å². The molecule has 0 aliphatic rings. The van der Waals surface area contributed by atoms with Crippen LogP contribution in [0.1, 0.15) is 16.8 Å². The van der Waals surface area contributed by atoms with Crippen LogP contribution in [0.25, 0.3) is 0 Å². The van der Waals surface area contributed by atoms with Crippen molar-refractivity contribution in [2.75, 3.05) is 5.88 Å². The topological polar surface area (TPSA) is 78.5 Å². The van der Waals surface area contributed by atoms with Gasteiger partial charge in [0.25, 0.3) is 0 Å². The Kier molecular flexibility index (Phi) is 6.32. The molecule has 1 aromatic carbocycles. The van der Waals surface area contributed by atoms with E-state index in [1.165, 1.54) is 0 Å². The first-order valence-corrected chi connectivity index (χ1v) is 8.54. The van der Waals surface area contributed by atoms with Crippen molar-refractivity contribution in [3.05, 3.63) is 46.1 Å². The lowest BCUT2D eigenvalue weighted by molar-refractivity contribution is -0.108. The number of benzene rings is 1. The van der Waals surface area contributed by atoms with Gasteiger partial charge >= 0.3 is 0 Å². The maximum absolute atomic E-state index is 11.5. The largest absolute Gasteiger partial charge is 0.285 e. The summed E-state index contributed by atoms with van der Waals surface area (Å²) in [6, 6.07) is 8.97. The summed E-state index contributed by atoms with van der Waals surface area (Å²) in [5.41, 5.74) is 2.63. The quantitative estimate of drug-likeness (QED) is 0.399. The Morgan fingerprint density at radius 3 is 2.54 bits per heavy atom. The van der Waals surface area contributed by atoms with Crippen LogP contribution in [-0.4, -0.2) is 16.0 Å². The fraction of sp³-hybridized carbons (Fsp3) is 0.188. The Bertz CT molecular complexity index is 845. The lowest BCUT2D eigenvalue weighted by Crippen LogP contribution is -2.00. The van der Waals surface area contributed by atoms with Gasteiger partial charge in [-0.3, -0.25) is 4.79 Å². The summed E-state index contributed by atoms with van der Waals surface area (Å²) in [4.78, 5) is 15.8. The van der Waals surface area contributed by atoms with Gasteiger partial charge in [0.05, 0.1) is 22.8 Å². The van der Waals surface area contributed by atoms with Crippen molar-refractivity contribution in [3.8, 4) is 6.07 Å². The molecule has 0 radical (unpaired) electrons. The Balaban J connectivity index is 2.42. The standard InChI is InChI=1S/C16H12Cl2N4OS/c1-9-13(8-19)16(24-14(23)7-17)20-10(2)15(9)22-21-12-5-3-11(18)4-6-12/h3-6H,7H2,1-2H3. The molecule has 1 aromatic heterocycles. The number of azo groups is 1. The highest BCUT2D eigenvalue weighted by Gasteiger charge is 2.17. The zero-order chi connectivity index (χ0) is 17.7. The molecule has 2 rings (SSSR count). The third-order valence-corrected chi connectivity index (χ3v) is 4.59. The van der Waals surface area contributed by atoms with Crippen molar-refractivity contribution in [1.82, 2.24) is 4.98 Å². The molecule has 0 N–H and O–H groups in total. The number of halogens is 2. The van der Waals surface area contributed by atoms with Gasteiger partial charge in [0, 0.05) is 5.02 Å². The number of carbonyl (C=O) groups is 1. The average Bonchev–Trinajstić information content (AvgIpc) is 2.56. The zero-order valence-electron chi connectivity index (χ0n) is 12.9. The van der Waals surface area contributed by atoms with Crippen molar-refractivity contribution >= 4 is 51.5 Å². The van der Waals surface area contributed by atoms with E-state index in [0.29, 0.717) is 38.2 Å². The van der Waals surface area contributed by atoms with Crippen molar-refractivity contribution in [2.45, 2.75) is 18.9 Å². The number of hydrogen-bond acceptors (Lipinski definition) is 6. The van der Waals surface area contributed by atoms with E-state index in [2.05, 4.69) is 21.3 Å². The molecule has 122 valence electrons. The second kappa shape index (κ2) is 8.25. The van der Waals surface area contributed by atoms with Crippen LogP contribution in [0.5, 0.6) is 0 Å². The minimum atomic E-state index is -0.269. The van der Waals surface area contributed by atoms with Crippen LogP contribution in [0.2, 0.25) is 5.02 Å². The SMILES string of the molecule is Cc1nc(SC(=O)CCl)c(C#N)c(C)c1N=Nc1ccc(Cl)cc1. The molecule has 0 bridgehead atoms. The number of hydrogen-bond donors (Lipinski definition) is 0. The molecule has 8 heteroatoms. The van der Waals surface area contributed by atoms with Gasteiger partial charge in [-0.15, -0.1) is 16.7 Å². The van der Waals surface area contributed by atoms with E-state index in [9.17, 15) is 10.1 Å². The van der Waals surface area contributed by atoms with E-state index in [0.717, 1.165) is 11.8 Å². The highest BCUT2D eigenvalue weighted by Crippen LogP contribution is 2.33. The zero-order valence-corrected chi connectivity index (χ0v) is 15.2. The van der Waals surface area contributed by atoms with Gasteiger partial charge in [-0.25, -0.2) is 4.98 Å². The minimum absolute atomic E-state index is 0.145. The number of thioether (sulfide) groups is 1. The molecule has 2 aromatic rings. The first-order valence-electron chi connectivity index (χ1n) is 6.81. The second-order valence-corrected chi connectivity index (χ2v) is 6.50. The summed E-state index contributed by atoms with van der Waals surface area (Å²) in [5, 5.41) is 18.4. The number of aryl methyl sites for hydroxylation is 1. The van der Waals surface area contributed by atoms with Gasteiger partial charge in [-0.05, 0) is 55.4 Å². The summed E-state index contributed by atoms with van der Waals surface area (Å²) in [6.45, 7) is 3.50. The summed E-state index contributed by atoms with van der Waals surface area (Å²) >= 11 is 12.2. The van der Waals surface area contributed by atoms with Crippen LogP contribution < -0.4 is 0 Å². The van der Waals surface area contributed by atoms with Crippen LogP contribution >= 0.6 is 35.0 Å². The van der Waals surface area contributed by atoms with E-state index in [1.807, 2.05) is 0 Å². The molecule has 5 nitrogen and oxygen atoms in total. The number of nitrogens with zero attached hydrogens (tertiary/aromatic N) is 4. The van der Waals surface area contributed by atoms with Crippen LogP contribution in [-0.2, 0) is 4.79 Å². The molecule has 0 saturated carbocycles. The average molecular weight is 379 g/mol. The van der Waals surface area contributed by atoms with Gasteiger partial charge in [0.15, 0.2) is 0 Å². The first kappa shape index (κ1) is 18.4. The number of aromatic nitrogens is 1. The monoisotopic (exact) mass is 378 g/mol. The van der Waals surface area contributed by atoms with Crippen LogP contribution in [0.4, 0.5) is 11.4 Å². The van der Waals surface area contributed by atoms with Crippen molar-refractivity contribution in [2.24, 2.45) is 10.2 Å². The van der Waals surface area contributed by atoms with Crippen molar-refractivity contribution in [3.63, 3.8) is 0 Å². The predicted molar refractivity (Wildman–Crippen MR) is 95.6 cm³/mol. The minimum Gasteiger partial charge on any atom is -0.285 e. The van der Waals surface area contributed by atoms with E-state index in [1.54, 1.807) is 38.1 Å². The Morgan fingerprint density at radius 1 is 1.29 bits per heavy atom. The fourth-order valence-electron chi connectivity index (χ4n) is 1.91. The molecule has 0 saturated heterocycles. The van der Waals surface area contributed by atoms with Crippen LogP contribution in [0, 0.1) is 25.2 Å². The Labute approximate surface area is 153 Å². The summed E-state index contributed by atoms with van der Waals surface area (Å²) in [5.74, 6) is -0.145. The van der Waals surface area contributed by atoms with Crippen molar-refractivity contribution in [1.29, 1.82) is 5.26 Å². The van der Waals surface area contributed by atoms with Crippen LogP contribution in [0.3, 0.4) is 0 Å². The third kappa shape index (κ3) is 4.32. The maximum Gasteiger partial charge on any atom is 0.209 e. The molecule has 0 aliphatic heterocycles. The van der Waals surface area contributed by atoms with Gasteiger partial charge in [-0.1, -0.05) is 11.6 Å². The van der Waals surface area contributed by atoms with E-state index < -0.39 is 0 Å². The van der Waals surface area contributed by atoms with Crippen molar-refractivity contribution < 1.29 is 4.79 Å². The molecule has 24 heavy (non-hydrogen) atoms. The highest BCUT2D eigenvalue weighted by atomic mass is 35.5. The first-order chi connectivity index (χ1) is 11.5. The normalized spacial score (nSPS) is 10.8. The fourth-order valence-corrected chi connectivity index (χ4v) is 2.96. The molecular formula is C16H12Cl2N4OS. The summed E-state index contributed by atoms with van der Waals surface area (Å²) in [6.07, 6.45) is 0. The second-order valence-electron chi connectivity index (χ2n) is 4.75. The Morgan fingerprint density at radius 2 is 1.96 bits per heavy atom. The summed E-state index contributed by atoms with van der Waals surface area (Å²) in [7, 11) is 0. The lowest BCUT2D eigenvalue weighted by atomic mass is 10.1. The van der Waals surface area contributed by atoms with E-state index in [-0.39, 0.29) is 11.0 Å². The predicted octanol–water partition coefficient (Wildman–Crippen LogP) is 5.50. The molecule has 0 unspecified atom stereocenters. The molecule has 1 heterocycles. The third-order valence-electron chi connectivity index (χ3n) is 3.08. The number of alkyl halides is 1. The molecule has 0 spiro atoms. The lowest BCUT2D eigenvalue weighted by Gasteiger charge is -2.09. The number of carbonyl (C=O) groups excluding carboxylic acids is 1. The molecule has 0 atom stereocenters. The molecule has 0 amide bonds. The van der Waals surface area contributed by atoms with Gasteiger partial charge in [0.1, 0.15) is 16.8 Å². The number of nitriles is 1.